The molecule has 5 nitrogen and oxygen atoms in total. The molecule has 0 amide bonds. The summed E-state index contributed by atoms with van der Waals surface area (Å²) in [7, 11) is 1.58. The summed E-state index contributed by atoms with van der Waals surface area (Å²) in [5.41, 5.74) is 4.91. The van der Waals surface area contributed by atoms with Crippen molar-refractivity contribution in [3.63, 3.8) is 0 Å². The second kappa shape index (κ2) is 5.90. The third-order valence-corrected chi connectivity index (χ3v) is 3.81. The molecule has 2 aromatic rings. The Hall–Kier alpha value is -1.79. The van der Waals surface area contributed by atoms with E-state index in [0.717, 1.165) is 9.92 Å². The van der Waals surface area contributed by atoms with Crippen LogP contribution in [0.15, 0.2) is 34.4 Å². The van der Waals surface area contributed by atoms with Gasteiger partial charge < -0.3 is 10.2 Å². The van der Waals surface area contributed by atoms with Crippen LogP contribution in [0.1, 0.15) is 11.1 Å². The molecule has 0 fully saturated rings. The SMILES string of the molecule is COc1c(NN)ncnc1Sc1cc(C)ccc1C. The van der Waals surface area contributed by atoms with Gasteiger partial charge in [-0.25, -0.2) is 15.8 Å². The fourth-order valence-electron chi connectivity index (χ4n) is 1.64. The van der Waals surface area contributed by atoms with Gasteiger partial charge in [-0.2, -0.15) is 0 Å². The van der Waals surface area contributed by atoms with E-state index >= 15 is 0 Å². The van der Waals surface area contributed by atoms with Crippen molar-refractivity contribution in [3.05, 3.63) is 35.7 Å². The smallest absolute Gasteiger partial charge is 0.195 e. The lowest BCUT2D eigenvalue weighted by Gasteiger charge is -2.11. The number of aryl methyl sites for hydroxylation is 2. The maximum atomic E-state index is 5.41. The number of nitrogens with two attached hydrogens (primary N) is 1. The molecule has 0 saturated heterocycles. The maximum Gasteiger partial charge on any atom is 0.195 e. The summed E-state index contributed by atoms with van der Waals surface area (Å²) in [6.45, 7) is 4.13. The third kappa shape index (κ3) is 2.97. The van der Waals surface area contributed by atoms with Crippen molar-refractivity contribution in [2.45, 2.75) is 23.8 Å². The molecule has 0 saturated carbocycles. The zero-order valence-corrected chi connectivity index (χ0v) is 11.9. The Labute approximate surface area is 116 Å². The molecule has 0 aliphatic heterocycles. The summed E-state index contributed by atoms with van der Waals surface area (Å²) in [5.74, 6) is 6.44. The average molecular weight is 276 g/mol. The number of anilines is 1. The molecule has 0 spiro atoms. The van der Waals surface area contributed by atoms with Crippen LogP contribution in [0, 0.1) is 13.8 Å². The second-order valence-corrected chi connectivity index (χ2v) is 5.11. The standard InChI is InChI=1S/C13H16N4OS/c1-8-4-5-9(2)10(6-8)19-13-11(18-3)12(17-14)15-7-16-13/h4-7H,14H2,1-3H3,(H,15,16,17). The summed E-state index contributed by atoms with van der Waals surface area (Å²) in [6.07, 6.45) is 1.46. The molecule has 0 unspecified atom stereocenters. The Morgan fingerprint density at radius 2 is 2.05 bits per heavy atom. The van der Waals surface area contributed by atoms with Gasteiger partial charge in [-0.05, 0) is 31.0 Å². The van der Waals surface area contributed by atoms with Crippen LogP contribution in [0.2, 0.25) is 0 Å². The highest BCUT2D eigenvalue weighted by molar-refractivity contribution is 7.99. The van der Waals surface area contributed by atoms with Crippen molar-refractivity contribution in [1.82, 2.24) is 9.97 Å². The van der Waals surface area contributed by atoms with Gasteiger partial charge in [0.1, 0.15) is 11.4 Å². The van der Waals surface area contributed by atoms with E-state index in [0.29, 0.717) is 11.6 Å². The molecule has 100 valence electrons. The van der Waals surface area contributed by atoms with E-state index in [2.05, 4.69) is 47.4 Å². The Bertz CT molecular complexity index is 589. The van der Waals surface area contributed by atoms with E-state index in [1.807, 2.05) is 0 Å². The highest BCUT2D eigenvalue weighted by Crippen LogP contribution is 2.37. The van der Waals surface area contributed by atoms with Gasteiger partial charge in [0.05, 0.1) is 7.11 Å². The van der Waals surface area contributed by atoms with Crippen LogP contribution in [0.3, 0.4) is 0 Å². The monoisotopic (exact) mass is 276 g/mol. The minimum absolute atomic E-state index is 0.477. The number of nitrogens with zero attached hydrogens (tertiary/aromatic N) is 2. The molecular formula is C13H16N4OS. The van der Waals surface area contributed by atoms with Crippen molar-refractivity contribution in [1.29, 1.82) is 0 Å². The van der Waals surface area contributed by atoms with Crippen LogP contribution >= 0.6 is 11.8 Å². The van der Waals surface area contributed by atoms with Crippen LogP contribution in [0.4, 0.5) is 5.82 Å². The van der Waals surface area contributed by atoms with Gasteiger partial charge >= 0.3 is 0 Å². The lowest BCUT2D eigenvalue weighted by molar-refractivity contribution is 0.400. The number of nitrogen functional groups attached to an aromatic ring is 1. The van der Waals surface area contributed by atoms with E-state index in [9.17, 15) is 0 Å². The number of nitrogens with one attached hydrogen (secondary N) is 1. The Morgan fingerprint density at radius 1 is 1.26 bits per heavy atom. The van der Waals surface area contributed by atoms with E-state index in [1.54, 1.807) is 7.11 Å². The fourth-order valence-corrected chi connectivity index (χ4v) is 2.69. The Morgan fingerprint density at radius 3 is 2.74 bits per heavy atom. The summed E-state index contributed by atoms with van der Waals surface area (Å²) >= 11 is 1.54. The number of hydrogen-bond acceptors (Lipinski definition) is 6. The molecule has 3 N–H and O–H groups in total. The summed E-state index contributed by atoms with van der Waals surface area (Å²) < 4.78 is 5.32. The van der Waals surface area contributed by atoms with Crippen LogP contribution < -0.4 is 16.0 Å². The largest absolute Gasteiger partial charge is 0.490 e. The molecule has 1 aromatic carbocycles. The molecule has 19 heavy (non-hydrogen) atoms. The molecule has 1 heterocycles. The van der Waals surface area contributed by atoms with E-state index in [1.165, 1.54) is 29.2 Å². The minimum atomic E-state index is 0.477. The predicted octanol–water partition coefficient (Wildman–Crippen LogP) is 2.54. The van der Waals surface area contributed by atoms with E-state index in [4.69, 9.17) is 10.6 Å². The number of benzene rings is 1. The highest BCUT2D eigenvalue weighted by atomic mass is 32.2. The van der Waals surface area contributed by atoms with Crippen LogP contribution in [-0.2, 0) is 0 Å². The molecule has 0 atom stereocenters. The second-order valence-electron chi connectivity index (χ2n) is 4.08. The highest BCUT2D eigenvalue weighted by Gasteiger charge is 2.13. The normalized spacial score (nSPS) is 10.3. The number of ether oxygens (including phenoxy) is 1. The summed E-state index contributed by atoms with van der Waals surface area (Å²) in [6, 6.07) is 6.30. The van der Waals surface area contributed by atoms with Crippen molar-refractivity contribution < 1.29 is 4.74 Å². The number of rotatable bonds is 4. The van der Waals surface area contributed by atoms with Crippen molar-refractivity contribution in [2.75, 3.05) is 12.5 Å². The lowest BCUT2D eigenvalue weighted by atomic mass is 10.2. The molecule has 0 bridgehead atoms. The molecule has 1 aromatic heterocycles. The van der Waals surface area contributed by atoms with Gasteiger partial charge in [-0.1, -0.05) is 23.9 Å². The van der Waals surface area contributed by atoms with E-state index in [-0.39, 0.29) is 0 Å². The first-order valence-corrected chi connectivity index (χ1v) is 6.58. The van der Waals surface area contributed by atoms with Crippen LogP contribution in [0.25, 0.3) is 0 Å². The zero-order chi connectivity index (χ0) is 13.8. The molecule has 0 aliphatic rings. The average Bonchev–Trinajstić information content (AvgIpc) is 2.42. The number of hydrazine groups is 1. The summed E-state index contributed by atoms with van der Waals surface area (Å²) in [5, 5.41) is 0.735. The molecule has 6 heteroatoms. The fraction of sp³-hybridized carbons (Fsp3) is 0.231. The maximum absolute atomic E-state index is 5.41. The van der Waals surface area contributed by atoms with Crippen molar-refractivity contribution in [3.8, 4) is 5.75 Å². The molecule has 0 aliphatic carbocycles. The van der Waals surface area contributed by atoms with Crippen LogP contribution in [0.5, 0.6) is 5.75 Å². The van der Waals surface area contributed by atoms with Crippen molar-refractivity contribution in [2.24, 2.45) is 5.84 Å². The van der Waals surface area contributed by atoms with Gasteiger partial charge in [0.15, 0.2) is 11.6 Å². The topological polar surface area (TPSA) is 73.1 Å². The first-order valence-electron chi connectivity index (χ1n) is 5.76. The first kappa shape index (κ1) is 13.6. The Balaban J connectivity index is 2.40. The van der Waals surface area contributed by atoms with Gasteiger partial charge in [-0.3, -0.25) is 0 Å². The van der Waals surface area contributed by atoms with Gasteiger partial charge in [0.2, 0.25) is 0 Å². The van der Waals surface area contributed by atoms with E-state index < -0.39 is 0 Å². The van der Waals surface area contributed by atoms with Crippen molar-refractivity contribution >= 4 is 17.6 Å². The Kier molecular flexibility index (Phi) is 4.24. The van der Waals surface area contributed by atoms with Crippen LogP contribution in [-0.4, -0.2) is 17.1 Å². The molecular weight excluding hydrogens is 260 g/mol. The summed E-state index contributed by atoms with van der Waals surface area (Å²) in [4.78, 5) is 9.42. The van der Waals surface area contributed by atoms with Gasteiger partial charge in [-0.15, -0.1) is 0 Å². The molecule has 2 rings (SSSR count). The minimum Gasteiger partial charge on any atom is -0.490 e. The van der Waals surface area contributed by atoms with Gasteiger partial charge in [0.25, 0.3) is 0 Å². The third-order valence-electron chi connectivity index (χ3n) is 2.66. The predicted molar refractivity (Wildman–Crippen MR) is 76.4 cm³/mol. The molecule has 0 radical (unpaired) electrons. The lowest BCUT2D eigenvalue weighted by Crippen LogP contribution is -2.10. The quantitative estimate of drug-likeness (QED) is 0.508. The number of aromatic nitrogens is 2. The van der Waals surface area contributed by atoms with Gasteiger partial charge in [0, 0.05) is 4.90 Å². The first-order chi connectivity index (χ1) is 9.15. The zero-order valence-electron chi connectivity index (χ0n) is 11.1. The number of hydrogen-bond donors (Lipinski definition) is 2. The number of methoxy groups -OCH3 is 1.